The second-order valence-corrected chi connectivity index (χ2v) is 4.34. The maximum Gasteiger partial charge on any atom is 0.0563 e. The third-order valence-corrected chi connectivity index (χ3v) is 0. The molecule has 0 aliphatic carbocycles. The van der Waals surface area contributed by atoms with Gasteiger partial charge in [-0.25, -0.2) is 0 Å². The van der Waals surface area contributed by atoms with Gasteiger partial charge < -0.3 is 10.2 Å². The van der Waals surface area contributed by atoms with Gasteiger partial charge in [0.25, 0.3) is 0 Å². The molecule has 11 heavy (non-hydrogen) atoms. The van der Waals surface area contributed by atoms with Crippen molar-refractivity contribution in [3.8, 4) is 0 Å². The quantitative estimate of drug-likeness (QED) is 0.632. The Kier molecular flexibility index (Phi) is 9.54. The maximum atomic E-state index is 8.52. The SMILES string of the molecule is CC(C)(C)O.CC(C)(C)O.[Co]. The fourth-order valence-corrected chi connectivity index (χ4v) is 0. The van der Waals surface area contributed by atoms with E-state index in [1.807, 2.05) is 0 Å². The van der Waals surface area contributed by atoms with Crippen molar-refractivity contribution >= 4 is 0 Å². The molecule has 3 heteroatoms. The Morgan fingerprint density at radius 3 is 0.636 bits per heavy atom. The molecule has 0 amide bonds. The zero-order chi connectivity index (χ0) is 9.00. The largest absolute Gasteiger partial charge is 0.391 e. The molecular weight excluding hydrogens is 187 g/mol. The zero-order valence-electron chi connectivity index (χ0n) is 8.23. The van der Waals surface area contributed by atoms with E-state index in [0.29, 0.717) is 0 Å². The van der Waals surface area contributed by atoms with Crippen LogP contribution < -0.4 is 0 Å². The zero-order valence-corrected chi connectivity index (χ0v) is 9.27. The van der Waals surface area contributed by atoms with Gasteiger partial charge in [0.1, 0.15) is 0 Å². The van der Waals surface area contributed by atoms with Gasteiger partial charge in [0, 0.05) is 16.8 Å². The van der Waals surface area contributed by atoms with Crippen molar-refractivity contribution in [2.24, 2.45) is 0 Å². The molecule has 0 aromatic rings. The van der Waals surface area contributed by atoms with E-state index < -0.39 is 11.2 Å². The van der Waals surface area contributed by atoms with Crippen molar-refractivity contribution in [1.82, 2.24) is 0 Å². The minimum atomic E-state index is -0.500. The molecule has 0 rings (SSSR count). The summed E-state index contributed by atoms with van der Waals surface area (Å²) >= 11 is 0. The fraction of sp³-hybridized carbons (Fsp3) is 1.00. The van der Waals surface area contributed by atoms with Gasteiger partial charge in [-0.1, -0.05) is 0 Å². The number of aliphatic hydroxyl groups is 2. The van der Waals surface area contributed by atoms with Crippen LogP contribution in [0.4, 0.5) is 0 Å². The van der Waals surface area contributed by atoms with Crippen LogP contribution >= 0.6 is 0 Å². The summed E-state index contributed by atoms with van der Waals surface area (Å²) in [4.78, 5) is 0. The van der Waals surface area contributed by atoms with E-state index in [1.165, 1.54) is 0 Å². The molecule has 0 aliphatic heterocycles. The number of rotatable bonds is 0. The summed E-state index contributed by atoms with van der Waals surface area (Å²) < 4.78 is 0. The molecule has 0 aromatic carbocycles. The molecule has 0 atom stereocenters. The molecule has 0 spiro atoms. The first-order valence-electron chi connectivity index (χ1n) is 3.45. The standard InChI is InChI=1S/2C4H10O.Co/c2*1-4(2,3)5;/h2*5H,1-3H3;. The molecule has 0 saturated heterocycles. The monoisotopic (exact) mass is 207 g/mol. The van der Waals surface area contributed by atoms with Gasteiger partial charge in [0.05, 0.1) is 11.2 Å². The van der Waals surface area contributed by atoms with E-state index in [-0.39, 0.29) is 16.8 Å². The van der Waals surface area contributed by atoms with Crippen LogP contribution in [0.25, 0.3) is 0 Å². The first-order chi connectivity index (χ1) is 4.00. The van der Waals surface area contributed by atoms with Crippen molar-refractivity contribution in [1.29, 1.82) is 0 Å². The molecule has 0 heterocycles. The summed E-state index contributed by atoms with van der Waals surface area (Å²) in [5.74, 6) is 0. The van der Waals surface area contributed by atoms with Crippen LogP contribution in [0.15, 0.2) is 0 Å². The Morgan fingerprint density at radius 1 is 0.636 bits per heavy atom. The smallest absolute Gasteiger partial charge is 0.0563 e. The molecule has 2 N–H and O–H groups in total. The summed E-state index contributed by atoms with van der Waals surface area (Å²) in [6.07, 6.45) is 0. The molecule has 0 unspecified atom stereocenters. The average molecular weight is 207 g/mol. The summed E-state index contributed by atoms with van der Waals surface area (Å²) in [5, 5.41) is 17.0. The van der Waals surface area contributed by atoms with Crippen LogP contribution in [0.5, 0.6) is 0 Å². The van der Waals surface area contributed by atoms with E-state index in [4.69, 9.17) is 10.2 Å². The predicted octanol–water partition coefficient (Wildman–Crippen LogP) is 1.55. The molecular formula is C8H20CoO2. The molecule has 0 bridgehead atoms. The summed E-state index contributed by atoms with van der Waals surface area (Å²) in [6.45, 7) is 10.5. The molecule has 0 saturated carbocycles. The van der Waals surface area contributed by atoms with Crippen molar-refractivity contribution in [2.75, 3.05) is 0 Å². The first-order valence-corrected chi connectivity index (χ1v) is 3.45. The molecule has 2 nitrogen and oxygen atoms in total. The number of hydrogen-bond acceptors (Lipinski definition) is 2. The second kappa shape index (κ2) is 6.00. The molecule has 73 valence electrons. The molecule has 0 aliphatic rings. The van der Waals surface area contributed by atoms with Gasteiger partial charge in [-0.05, 0) is 41.5 Å². The minimum absolute atomic E-state index is 0. The third-order valence-electron chi connectivity index (χ3n) is 0. The van der Waals surface area contributed by atoms with Gasteiger partial charge in [-0.15, -0.1) is 0 Å². The Bertz CT molecular complexity index is 55.1. The van der Waals surface area contributed by atoms with Crippen molar-refractivity contribution < 1.29 is 27.0 Å². The first kappa shape index (κ1) is 17.5. The second-order valence-electron chi connectivity index (χ2n) is 4.34. The summed E-state index contributed by atoms with van der Waals surface area (Å²) in [5.41, 5.74) is -1.00. The summed E-state index contributed by atoms with van der Waals surface area (Å²) in [7, 11) is 0. The van der Waals surface area contributed by atoms with E-state index >= 15 is 0 Å². The van der Waals surface area contributed by atoms with Gasteiger partial charge in [0.2, 0.25) is 0 Å². The van der Waals surface area contributed by atoms with Crippen LogP contribution in [0.1, 0.15) is 41.5 Å². The van der Waals surface area contributed by atoms with E-state index in [1.54, 1.807) is 41.5 Å². The van der Waals surface area contributed by atoms with Crippen LogP contribution in [-0.4, -0.2) is 21.4 Å². The van der Waals surface area contributed by atoms with Gasteiger partial charge >= 0.3 is 0 Å². The normalized spacial score (nSPS) is 10.9. The molecule has 0 fully saturated rings. The van der Waals surface area contributed by atoms with E-state index in [2.05, 4.69) is 0 Å². The Morgan fingerprint density at radius 2 is 0.636 bits per heavy atom. The Labute approximate surface area is 80.2 Å². The predicted molar refractivity (Wildman–Crippen MR) is 43.9 cm³/mol. The van der Waals surface area contributed by atoms with Crippen LogP contribution in [0, 0.1) is 0 Å². The molecule has 0 aromatic heterocycles. The van der Waals surface area contributed by atoms with E-state index in [0.717, 1.165) is 0 Å². The van der Waals surface area contributed by atoms with Crippen LogP contribution in [0.2, 0.25) is 0 Å². The molecule has 1 radical (unpaired) electrons. The van der Waals surface area contributed by atoms with Gasteiger partial charge in [-0.3, -0.25) is 0 Å². The Hall–Kier alpha value is 0.426. The van der Waals surface area contributed by atoms with Gasteiger partial charge in [0.15, 0.2) is 0 Å². The van der Waals surface area contributed by atoms with Crippen LogP contribution in [0.3, 0.4) is 0 Å². The van der Waals surface area contributed by atoms with Crippen molar-refractivity contribution in [3.63, 3.8) is 0 Å². The van der Waals surface area contributed by atoms with Crippen LogP contribution in [-0.2, 0) is 16.8 Å². The topological polar surface area (TPSA) is 40.5 Å². The van der Waals surface area contributed by atoms with Crippen molar-refractivity contribution in [3.05, 3.63) is 0 Å². The Balaban J connectivity index is -0.000000107. The summed E-state index contributed by atoms with van der Waals surface area (Å²) in [6, 6.07) is 0. The fourth-order valence-electron chi connectivity index (χ4n) is 0. The van der Waals surface area contributed by atoms with Gasteiger partial charge in [-0.2, -0.15) is 0 Å². The maximum absolute atomic E-state index is 8.52. The minimum Gasteiger partial charge on any atom is -0.391 e. The van der Waals surface area contributed by atoms with Crippen molar-refractivity contribution in [2.45, 2.75) is 52.7 Å². The third kappa shape index (κ3) is 4070. The number of hydrogen-bond donors (Lipinski definition) is 2. The van der Waals surface area contributed by atoms with E-state index in [9.17, 15) is 0 Å². The average Bonchev–Trinajstić information content (AvgIpc) is 1.12.